The average Bonchev–Trinajstić information content (AvgIpc) is 3.02. The zero-order valence-corrected chi connectivity index (χ0v) is 20.2. The highest BCUT2D eigenvalue weighted by molar-refractivity contribution is 5.80. The van der Waals surface area contributed by atoms with Crippen molar-refractivity contribution >= 4 is 12.2 Å². The summed E-state index contributed by atoms with van der Waals surface area (Å²) in [6.45, 7) is 9.02. The first-order valence-corrected chi connectivity index (χ1v) is 11.0. The molecule has 1 unspecified atom stereocenters. The molecule has 1 fully saturated rings. The number of hydrogen-bond donors (Lipinski definition) is 0. The third-order valence-corrected chi connectivity index (χ3v) is 5.45. The van der Waals surface area contributed by atoms with Crippen LogP contribution < -0.4 is 21.8 Å². The zero-order chi connectivity index (χ0) is 23.3. The summed E-state index contributed by atoms with van der Waals surface area (Å²) in [5.41, 5.74) is 2.68. The molecule has 0 amide bonds. The van der Waals surface area contributed by atoms with E-state index in [1.165, 1.54) is 0 Å². The van der Waals surface area contributed by atoms with Gasteiger partial charge in [-0.2, -0.15) is 0 Å². The molecular formula is C24H38N4O3. The zero-order valence-electron chi connectivity index (χ0n) is 20.2. The normalized spacial score (nSPS) is 17.6. The molecule has 0 saturated heterocycles. The second-order valence-corrected chi connectivity index (χ2v) is 8.69. The van der Waals surface area contributed by atoms with Gasteiger partial charge in [-0.1, -0.05) is 19.9 Å². The van der Waals surface area contributed by atoms with Crippen molar-refractivity contribution in [1.29, 1.82) is 0 Å². The maximum Gasteiger partial charge on any atom is 0.265 e. The molecule has 172 valence electrons. The van der Waals surface area contributed by atoms with Crippen LogP contribution in [0.1, 0.15) is 45.6 Å². The summed E-state index contributed by atoms with van der Waals surface area (Å²) in [7, 11) is 9.43. The number of nitrogens with zero attached hydrogens (tertiary/aromatic N) is 4. The van der Waals surface area contributed by atoms with Gasteiger partial charge in [0.1, 0.15) is 10.7 Å². The lowest BCUT2D eigenvalue weighted by Crippen LogP contribution is -2.59. The van der Waals surface area contributed by atoms with Crippen molar-refractivity contribution in [2.75, 3.05) is 41.9 Å². The van der Waals surface area contributed by atoms with Crippen LogP contribution in [0.4, 0.5) is 0 Å². The summed E-state index contributed by atoms with van der Waals surface area (Å²) in [5.74, 6) is 0. The molecular weight excluding hydrogens is 392 g/mol. The molecule has 0 radical (unpaired) electrons. The highest BCUT2D eigenvalue weighted by Crippen LogP contribution is 2.35. The standard InChI is InChI=1S/C24H38N4O3/c1-9-10-13-27-18(3)28(17(2)16-31-8)24(30)22(23(27)29)21-19(14-25(4)5)11-12-20(21)15-26(6)7/h14-15,17H,3,9-13,16H2,1-2,4-8H3/b19-14+,20-15+. The van der Waals surface area contributed by atoms with Crippen molar-refractivity contribution in [3.8, 4) is 0 Å². The summed E-state index contributed by atoms with van der Waals surface area (Å²) in [5, 5.41) is 0.241. The van der Waals surface area contributed by atoms with E-state index in [-0.39, 0.29) is 22.4 Å². The highest BCUT2D eigenvalue weighted by Gasteiger charge is 2.25. The highest BCUT2D eigenvalue weighted by atomic mass is 16.5. The van der Waals surface area contributed by atoms with Crippen LogP contribution in [0.3, 0.4) is 0 Å². The van der Waals surface area contributed by atoms with Gasteiger partial charge in [-0.15, -0.1) is 0 Å². The molecule has 1 atom stereocenters. The SMILES string of the molecule is C=c1n(CCCC)c(=O)c(=C2/C(=C/N(C)C)CC/C2=C\N(C)C)c(=O)n1C(C)COC. The van der Waals surface area contributed by atoms with Crippen LogP contribution in [0.15, 0.2) is 33.1 Å². The van der Waals surface area contributed by atoms with Crippen LogP contribution in [-0.4, -0.2) is 60.8 Å². The van der Waals surface area contributed by atoms with E-state index < -0.39 is 0 Å². The summed E-state index contributed by atoms with van der Waals surface area (Å²) < 4.78 is 8.61. The average molecular weight is 431 g/mol. The maximum absolute atomic E-state index is 13.8. The number of rotatable bonds is 8. The molecule has 0 aromatic carbocycles. The van der Waals surface area contributed by atoms with E-state index in [9.17, 15) is 9.59 Å². The Bertz CT molecular complexity index is 1050. The van der Waals surface area contributed by atoms with Crippen molar-refractivity contribution in [2.24, 2.45) is 0 Å². The molecule has 0 N–H and O–H groups in total. The first-order chi connectivity index (χ1) is 14.6. The molecule has 0 spiro atoms. The predicted molar refractivity (Wildman–Crippen MR) is 127 cm³/mol. The van der Waals surface area contributed by atoms with E-state index in [0.717, 1.165) is 42.4 Å². The largest absolute Gasteiger partial charge is 0.383 e. The monoisotopic (exact) mass is 430 g/mol. The van der Waals surface area contributed by atoms with Crippen LogP contribution in [0.5, 0.6) is 0 Å². The summed E-state index contributed by atoms with van der Waals surface area (Å²) in [6.07, 6.45) is 7.41. The van der Waals surface area contributed by atoms with Crippen LogP contribution in [0.2, 0.25) is 0 Å². The fourth-order valence-electron chi connectivity index (χ4n) is 4.17. The van der Waals surface area contributed by atoms with Crippen LogP contribution in [0, 0.1) is 0 Å². The molecule has 1 aliphatic rings. The van der Waals surface area contributed by atoms with Gasteiger partial charge in [0.15, 0.2) is 0 Å². The van der Waals surface area contributed by atoms with Crippen LogP contribution in [-0.2, 0) is 11.3 Å². The molecule has 1 aliphatic carbocycles. The van der Waals surface area contributed by atoms with E-state index in [0.29, 0.717) is 18.6 Å². The number of hydrogen-bond acceptors (Lipinski definition) is 5. The molecule has 7 heteroatoms. The maximum atomic E-state index is 13.8. The molecule has 0 aliphatic heterocycles. The Hall–Kier alpha value is -2.54. The quantitative estimate of drug-likeness (QED) is 0.622. The first-order valence-electron chi connectivity index (χ1n) is 11.0. The molecule has 31 heavy (non-hydrogen) atoms. The van der Waals surface area contributed by atoms with Crippen molar-refractivity contribution in [3.63, 3.8) is 0 Å². The van der Waals surface area contributed by atoms with Crippen molar-refractivity contribution in [3.05, 3.63) is 55.0 Å². The lowest BCUT2D eigenvalue weighted by molar-refractivity contribution is 0.157. The van der Waals surface area contributed by atoms with E-state index >= 15 is 0 Å². The Kier molecular flexibility index (Phi) is 8.51. The van der Waals surface area contributed by atoms with E-state index in [1.54, 1.807) is 16.2 Å². The second-order valence-electron chi connectivity index (χ2n) is 8.69. The van der Waals surface area contributed by atoms with Gasteiger partial charge in [0, 0.05) is 59.8 Å². The number of aromatic nitrogens is 2. The van der Waals surface area contributed by atoms with Gasteiger partial charge < -0.3 is 14.5 Å². The predicted octanol–water partition coefficient (Wildman–Crippen LogP) is 1.26. The number of allylic oxidation sites excluding steroid dienone is 2. The Labute approximate surface area is 185 Å². The summed E-state index contributed by atoms with van der Waals surface area (Å²) >= 11 is 0. The first kappa shape index (κ1) is 24.7. The molecule has 2 rings (SSSR count). The Morgan fingerprint density at radius 1 is 1.06 bits per heavy atom. The minimum Gasteiger partial charge on any atom is -0.383 e. The van der Waals surface area contributed by atoms with E-state index in [2.05, 4.69) is 13.5 Å². The van der Waals surface area contributed by atoms with Crippen LogP contribution in [0.25, 0.3) is 12.2 Å². The van der Waals surface area contributed by atoms with Crippen LogP contribution >= 0.6 is 0 Å². The van der Waals surface area contributed by atoms with Crippen molar-refractivity contribution < 1.29 is 4.74 Å². The third-order valence-electron chi connectivity index (χ3n) is 5.45. The molecule has 0 bridgehead atoms. The van der Waals surface area contributed by atoms with Gasteiger partial charge in [0.25, 0.3) is 11.1 Å². The molecule has 1 aromatic rings. The molecule has 1 aromatic heterocycles. The van der Waals surface area contributed by atoms with Gasteiger partial charge in [0.05, 0.1) is 12.6 Å². The van der Waals surface area contributed by atoms with Gasteiger partial charge in [0.2, 0.25) is 0 Å². The van der Waals surface area contributed by atoms with Crippen molar-refractivity contribution in [1.82, 2.24) is 18.9 Å². The van der Waals surface area contributed by atoms with Gasteiger partial charge in [-0.05, 0) is 37.3 Å². The Morgan fingerprint density at radius 3 is 2.06 bits per heavy atom. The summed E-state index contributed by atoms with van der Waals surface area (Å²) in [6, 6.07) is -0.234. The number of ether oxygens (including phenoxy) is 1. The summed E-state index contributed by atoms with van der Waals surface area (Å²) in [4.78, 5) is 31.4. The van der Waals surface area contributed by atoms with Gasteiger partial charge in [-0.25, -0.2) is 0 Å². The molecule has 1 heterocycles. The Morgan fingerprint density at radius 2 is 1.61 bits per heavy atom. The van der Waals surface area contributed by atoms with E-state index in [1.807, 2.05) is 57.3 Å². The second kappa shape index (κ2) is 10.7. The van der Waals surface area contributed by atoms with Gasteiger partial charge in [-0.3, -0.25) is 18.7 Å². The molecule has 7 nitrogen and oxygen atoms in total. The number of unbranched alkanes of at least 4 members (excludes halogenated alkanes) is 1. The fraction of sp³-hybridized carbons (Fsp3) is 0.583. The van der Waals surface area contributed by atoms with Crippen molar-refractivity contribution in [2.45, 2.75) is 52.1 Å². The molecule has 1 saturated carbocycles. The van der Waals surface area contributed by atoms with Gasteiger partial charge >= 0.3 is 0 Å². The fourth-order valence-corrected chi connectivity index (χ4v) is 4.17. The van der Waals surface area contributed by atoms with E-state index in [4.69, 9.17) is 4.74 Å². The third kappa shape index (κ3) is 5.39. The minimum absolute atomic E-state index is 0.234. The lowest BCUT2D eigenvalue weighted by atomic mass is 10.0. The number of methoxy groups -OCH3 is 1. The minimum atomic E-state index is -0.293. The lowest BCUT2D eigenvalue weighted by Gasteiger charge is -2.19. The topological polar surface area (TPSA) is 59.7 Å². The Balaban J connectivity index is 3.09. The smallest absolute Gasteiger partial charge is 0.265 e.